The number of hydrogen-bond acceptors (Lipinski definition) is 3. The molecule has 1 aliphatic carbocycles. The van der Waals surface area contributed by atoms with Gasteiger partial charge in [-0.1, -0.05) is 0 Å². The van der Waals surface area contributed by atoms with Crippen molar-refractivity contribution in [3.05, 3.63) is 24.2 Å². The summed E-state index contributed by atoms with van der Waals surface area (Å²) in [6.07, 6.45) is 5.66. The van der Waals surface area contributed by atoms with E-state index in [9.17, 15) is 0 Å². The van der Waals surface area contributed by atoms with Gasteiger partial charge in [0.2, 0.25) is 0 Å². The van der Waals surface area contributed by atoms with Crippen LogP contribution in [-0.2, 0) is 6.42 Å². The third-order valence-electron chi connectivity index (χ3n) is 4.15. The zero-order chi connectivity index (χ0) is 11.7. The second kappa shape index (κ2) is 4.83. The van der Waals surface area contributed by atoms with Gasteiger partial charge in [0.15, 0.2) is 0 Å². The fraction of sp³-hybridized carbons (Fsp3) is 0.714. The highest BCUT2D eigenvalue weighted by molar-refractivity contribution is 5.00. The van der Waals surface area contributed by atoms with Gasteiger partial charge in [-0.05, 0) is 37.8 Å². The number of nitrogens with one attached hydrogen (secondary N) is 1. The Balaban J connectivity index is 1.53. The van der Waals surface area contributed by atoms with Crippen LogP contribution in [0.2, 0.25) is 0 Å². The monoisotopic (exact) mass is 234 g/mol. The SMILES string of the molecule is CC1CNC(C2CC2)CN1CCc1ccco1. The lowest BCUT2D eigenvalue weighted by atomic mass is 10.1. The molecule has 1 aromatic rings. The van der Waals surface area contributed by atoms with E-state index in [-0.39, 0.29) is 0 Å². The molecule has 0 radical (unpaired) electrons. The minimum absolute atomic E-state index is 0.653. The van der Waals surface area contributed by atoms with Crippen molar-refractivity contribution in [2.75, 3.05) is 19.6 Å². The van der Waals surface area contributed by atoms with Crippen LogP contribution in [-0.4, -0.2) is 36.6 Å². The summed E-state index contributed by atoms with van der Waals surface area (Å²) in [6, 6.07) is 5.44. The molecule has 2 unspecified atom stereocenters. The maximum Gasteiger partial charge on any atom is 0.105 e. The minimum atomic E-state index is 0.653. The van der Waals surface area contributed by atoms with Gasteiger partial charge in [-0.15, -0.1) is 0 Å². The molecule has 3 heteroatoms. The van der Waals surface area contributed by atoms with E-state index in [4.69, 9.17) is 4.42 Å². The quantitative estimate of drug-likeness (QED) is 0.862. The van der Waals surface area contributed by atoms with Crippen LogP contribution in [0.4, 0.5) is 0 Å². The molecule has 0 amide bonds. The normalized spacial score (nSPS) is 30.6. The summed E-state index contributed by atoms with van der Waals surface area (Å²) in [7, 11) is 0. The summed E-state index contributed by atoms with van der Waals surface area (Å²) in [5, 5.41) is 3.69. The van der Waals surface area contributed by atoms with Crippen molar-refractivity contribution < 1.29 is 4.42 Å². The Bertz CT molecular complexity index is 345. The second-order valence-corrected chi connectivity index (χ2v) is 5.53. The highest BCUT2D eigenvalue weighted by atomic mass is 16.3. The lowest BCUT2D eigenvalue weighted by Crippen LogP contribution is -2.56. The van der Waals surface area contributed by atoms with Crippen LogP contribution < -0.4 is 5.32 Å². The van der Waals surface area contributed by atoms with Gasteiger partial charge in [0, 0.05) is 38.1 Å². The van der Waals surface area contributed by atoms with Crippen LogP contribution in [0.3, 0.4) is 0 Å². The maximum atomic E-state index is 5.40. The van der Waals surface area contributed by atoms with Crippen molar-refractivity contribution >= 4 is 0 Å². The van der Waals surface area contributed by atoms with Crippen molar-refractivity contribution in [3.8, 4) is 0 Å². The van der Waals surface area contributed by atoms with E-state index in [0.29, 0.717) is 6.04 Å². The molecule has 1 saturated heterocycles. The molecule has 0 aromatic carbocycles. The molecule has 3 nitrogen and oxygen atoms in total. The van der Waals surface area contributed by atoms with Crippen LogP contribution in [0, 0.1) is 5.92 Å². The van der Waals surface area contributed by atoms with Crippen LogP contribution in [0.25, 0.3) is 0 Å². The summed E-state index contributed by atoms with van der Waals surface area (Å²) in [4.78, 5) is 2.61. The Hall–Kier alpha value is -0.800. The Kier molecular flexibility index (Phi) is 3.21. The van der Waals surface area contributed by atoms with Gasteiger partial charge in [-0.2, -0.15) is 0 Å². The fourth-order valence-corrected chi connectivity index (χ4v) is 2.78. The van der Waals surface area contributed by atoms with Crippen LogP contribution in [0.15, 0.2) is 22.8 Å². The van der Waals surface area contributed by atoms with Gasteiger partial charge < -0.3 is 9.73 Å². The van der Waals surface area contributed by atoms with E-state index in [1.807, 2.05) is 6.07 Å². The second-order valence-electron chi connectivity index (χ2n) is 5.53. The van der Waals surface area contributed by atoms with E-state index in [2.05, 4.69) is 23.2 Å². The first-order valence-electron chi connectivity index (χ1n) is 6.83. The van der Waals surface area contributed by atoms with Gasteiger partial charge in [-0.3, -0.25) is 4.90 Å². The van der Waals surface area contributed by atoms with Gasteiger partial charge in [-0.25, -0.2) is 0 Å². The lowest BCUT2D eigenvalue weighted by molar-refractivity contribution is 0.132. The maximum absolute atomic E-state index is 5.40. The molecule has 2 fully saturated rings. The van der Waals surface area contributed by atoms with E-state index < -0.39 is 0 Å². The molecule has 1 aromatic heterocycles. The molecule has 2 atom stereocenters. The minimum Gasteiger partial charge on any atom is -0.469 e. The molecule has 2 aliphatic rings. The molecule has 3 rings (SSSR count). The lowest BCUT2D eigenvalue weighted by Gasteiger charge is -2.39. The molecule has 1 saturated carbocycles. The van der Waals surface area contributed by atoms with Crippen LogP contribution in [0.5, 0.6) is 0 Å². The van der Waals surface area contributed by atoms with Crippen molar-refractivity contribution in [1.82, 2.24) is 10.2 Å². The summed E-state index contributed by atoms with van der Waals surface area (Å²) in [6.45, 7) is 5.80. The molecule has 17 heavy (non-hydrogen) atoms. The third-order valence-corrected chi connectivity index (χ3v) is 4.15. The first-order valence-corrected chi connectivity index (χ1v) is 6.83. The highest BCUT2D eigenvalue weighted by Crippen LogP contribution is 2.34. The van der Waals surface area contributed by atoms with Crippen molar-refractivity contribution in [1.29, 1.82) is 0 Å². The molecule has 2 heterocycles. The first-order chi connectivity index (χ1) is 8.33. The predicted molar refractivity (Wildman–Crippen MR) is 68.0 cm³/mol. The highest BCUT2D eigenvalue weighted by Gasteiger charge is 2.35. The molecule has 94 valence electrons. The number of piperazine rings is 1. The number of rotatable bonds is 4. The largest absolute Gasteiger partial charge is 0.469 e. The standard InChI is InChI=1S/C14H22N2O/c1-11-9-15-14(12-4-5-12)10-16(11)7-6-13-3-2-8-17-13/h2-3,8,11-12,14-15H,4-7,9-10H2,1H3. The average Bonchev–Trinajstić information content (AvgIpc) is 3.05. The van der Waals surface area contributed by atoms with E-state index in [1.54, 1.807) is 6.26 Å². The smallest absolute Gasteiger partial charge is 0.105 e. The van der Waals surface area contributed by atoms with Gasteiger partial charge in [0.05, 0.1) is 6.26 Å². The van der Waals surface area contributed by atoms with Crippen molar-refractivity contribution in [2.45, 2.75) is 38.3 Å². The molecule has 0 spiro atoms. The summed E-state index contributed by atoms with van der Waals surface area (Å²) in [5.41, 5.74) is 0. The van der Waals surface area contributed by atoms with Gasteiger partial charge in [0.25, 0.3) is 0 Å². The molecule has 1 N–H and O–H groups in total. The molecule has 0 bridgehead atoms. The molecule has 1 aliphatic heterocycles. The Morgan fingerprint density at radius 1 is 1.47 bits per heavy atom. The summed E-state index contributed by atoms with van der Waals surface area (Å²) in [5.74, 6) is 2.06. The number of hydrogen-bond donors (Lipinski definition) is 1. The Labute approximate surface area is 103 Å². The predicted octanol–water partition coefficient (Wildman–Crippen LogP) is 1.89. The van der Waals surface area contributed by atoms with E-state index in [0.717, 1.165) is 37.2 Å². The van der Waals surface area contributed by atoms with Crippen molar-refractivity contribution in [2.24, 2.45) is 5.92 Å². The first kappa shape index (κ1) is 11.3. The van der Waals surface area contributed by atoms with Crippen molar-refractivity contribution in [3.63, 3.8) is 0 Å². The Morgan fingerprint density at radius 2 is 2.35 bits per heavy atom. The topological polar surface area (TPSA) is 28.4 Å². The average molecular weight is 234 g/mol. The van der Waals surface area contributed by atoms with Crippen LogP contribution in [0.1, 0.15) is 25.5 Å². The number of furan rings is 1. The molecular formula is C14H22N2O. The van der Waals surface area contributed by atoms with Gasteiger partial charge in [0.1, 0.15) is 5.76 Å². The fourth-order valence-electron chi connectivity index (χ4n) is 2.78. The molecular weight excluding hydrogens is 212 g/mol. The Morgan fingerprint density at radius 3 is 3.06 bits per heavy atom. The summed E-state index contributed by atoms with van der Waals surface area (Å²) >= 11 is 0. The zero-order valence-electron chi connectivity index (χ0n) is 10.6. The summed E-state index contributed by atoms with van der Waals surface area (Å²) < 4.78 is 5.40. The van der Waals surface area contributed by atoms with E-state index >= 15 is 0 Å². The zero-order valence-corrected chi connectivity index (χ0v) is 10.6. The van der Waals surface area contributed by atoms with Crippen LogP contribution >= 0.6 is 0 Å². The number of nitrogens with zero attached hydrogens (tertiary/aromatic N) is 1. The van der Waals surface area contributed by atoms with Gasteiger partial charge >= 0.3 is 0 Å². The third kappa shape index (κ3) is 2.72. The van der Waals surface area contributed by atoms with E-state index in [1.165, 1.54) is 19.4 Å².